The number of aromatic nitrogens is 5. The summed E-state index contributed by atoms with van der Waals surface area (Å²) >= 11 is 0. The minimum absolute atomic E-state index is 0.489. The Bertz CT molecular complexity index is 2810. The van der Waals surface area contributed by atoms with Crippen LogP contribution in [-0.2, 0) is 0 Å². The van der Waals surface area contributed by atoms with Crippen molar-refractivity contribution in [3.8, 4) is 78.8 Å². The van der Waals surface area contributed by atoms with Crippen LogP contribution in [0.5, 0.6) is 0 Å². The van der Waals surface area contributed by atoms with Crippen LogP contribution >= 0.6 is 0 Å². The highest BCUT2D eigenvalue weighted by atomic mass is 15.0. The number of fused-ring (bicyclic) bond motifs is 2. The summed E-state index contributed by atoms with van der Waals surface area (Å²) in [6.45, 7) is 0. The van der Waals surface area contributed by atoms with Gasteiger partial charge in [0.15, 0.2) is 17.5 Å². The minimum atomic E-state index is 0.489. The Morgan fingerprint density at radius 3 is 1.41 bits per heavy atom. The molecule has 0 aliphatic heterocycles. The SMILES string of the molecule is c1ccc(-c2cc(-c3ccccc3)cc(-c3nc(-c4ncc(-c5ccccc5)c5ccccc45)nc(-c4ccc(-c5ccccc5)c5cccnc45)n3)c2)cc1. The number of pyridine rings is 2. The smallest absolute Gasteiger partial charge is 0.183 e. The van der Waals surface area contributed by atoms with Gasteiger partial charge in [-0.05, 0) is 74.7 Å². The van der Waals surface area contributed by atoms with E-state index < -0.39 is 0 Å². The maximum atomic E-state index is 5.28. The molecule has 0 unspecified atom stereocenters. The van der Waals surface area contributed by atoms with Gasteiger partial charge in [-0.1, -0.05) is 158 Å². The second-order valence-corrected chi connectivity index (χ2v) is 13.7. The second kappa shape index (κ2) is 14.3. The van der Waals surface area contributed by atoms with Crippen LogP contribution in [0.25, 0.3) is 100 Å². The average Bonchev–Trinajstić information content (AvgIpc) is 3.29. The van der Waals surface area contributed by atoms with Gasteiger partial charge in [0.25, 0.3) is 0 Å². The molecule has 262 valence electrons. The van der Waals surface area contributed by atoms with Gasteiger partial charge in [-0.2, -0.15) is 0 Å². The summed E-state index contributed by atoms with van der Waals surface area (Å²) in [6.07, 6.45) is 3.77. The van der Waals surface area contributed by atoms with Gasteiger partial charge in [0.2, 0.25) is 0 Å². The van der Waals surface area contributed by atoms with Gasteiger partial charge in [0.05, 0.1) is 5.52 Å². The Hall–Kier alpha value is -7.63. The molecule has 3 aromatic heterocycles. The van der Waals surface area contributed by atoms with Crippen LogP contribution in [0.2, 0.25) is 0 Å². The summed E-state index contributed by atoms with van der Waals surface area (Å²) in [4.78, 5) is 25.8. The zero-order chi connectivity index (χ0) is 37.3. The quantitative estimate of drug-likeness (QED) is 0.164. The molecule has 5 nitrogen and oxygen atoms in total. The summed E-state index contributed by atoms with van der Waals surface area (Å²) in [5, 5.41) is 3.05. The summed E-state index contributed by atoms with van der Waals surface area (Å²) in [5.41, 5.74) is 11.9. The Balaban J connectivity index is 1.24. The predicted molar refractivity (Wildman–Crippen MR) is 228 cm³/mol. The maximum Gasteiger partial charge on any atom is 0.183 e. The van der Waals surface area contributed by atoms with Gasteiger partial charge in [-0.25, -0.2) is 15.0 Å². The van der Waals surface area contributed by atoms with Crippen molar-refractivity contribution in [1.82, 2.24) is 24.9 Å². The van der Waals surface area contributed by atoms with Crippen LogP contribution in [0, 0.1) is 0 Å². The number of hydrogen-bond acceptors (Lipinski definition) is 5. The van der Waals surface area contributed by atoms with Crippen molar-refractivity contribution in [3.63, 3.8) is 0 Å². The van der Waals surface area contributed by atoms with E-state index in [-0.39, 0.29) is 0 Å². The van der Waals surface area contributed by atoms with Crippen LogP contribution in [0.1, 0.15) is 0 Å². The van der Waals surface area contributed by atoms with Gasteiger partial charge in [0, 0.05) is 39.9 Å². The number of rotatable bonds is 7. The lowest BCUT2D eigenvalue weighted by Crippen LogP contribution is -2.03. The van der Waals surface area contributed by atoms with Crippen molar-refractivity contribution in [2.75, 3.05) is 0 Å². The van der Waals surface area contributed by atoms with Gasteiger partial charge in [0.1, 0.15) is 5.69 Å². The zero-order valence-corrected chi connectivity index (χ0v) is 30.3. The van der Waals surface area contributed by atoms with Crippen LogP contribution in [0.3, 0.4) is 0 Å². The van der Waals surface area contributed by atoms with Crippen LogP contribution in [0.15, 0.2) is 200 Å². The fourth-order valence-corrected chi connectivity index (χ4v) is 7.52. The van der Waals surface area contributed by atoms with E-state index >= 15 is 0 Å². The van der Waals surface area contributed by atoms with Gasteiger partial charge < -0.3 is 0 Å². The second-order valence-electron chi connectivity index (χ2n) is 13.7. The molecule has 0 atom stereocenters. The van der Waals surface area contributed by atoms with Crippen molar-refractivity contribution in [2.24, 2.45) is 0 Å². The van der Waals surface area contributed by atoms with Gasteiger partial charge >= 0.3 is 0 Å². The van der Waals surface area contributed by atoms with E-state index in [1.807, 2.05) is 48.8 Å². The van der Waals surface area contributed by atoms with E-state index in [1.54, 1.807) is 0 Å². The fourth-order valence-electron chi connectivity index (χ4n) is 7.52. The summed E-state index contributed by atoms with van der Waals surface area (Å²) in [7, 11) is 0. The van der Waals surface area contributed by atoms with E-state index in [1.165, 1.54) is 0 Å². The standard InChI is InChI=1S/C51H33N5/c1-5-16-34(17-6-1)38-30-39(35-18-7-2-8-19-35)32-40(31-38)49-54-50(45-28-27-41(36-20-9-3-10-21-36)43-26-15-29-52-47(43)45)56-51(55-49)48-44-25-14-13-24-42(44)46(33-53-48)37-22-11-4-12-23-37/h1-33H. The average molecular weight is 716 g/mol. The number of hydrogen-bond donors (Lipinski definition) is 0. The van der Waals surface area contributed by atoms with E-state index in [9.17, 15) is 0 Å². The lowest BCUT2D eigenvalue weighted by atomic mass is 9.95. The highest BCUT2D eigenvalue weighted by Gasteiger charge is 2.20. The zero-order valence-electron chi connectivity index (χ0n) is 30.3. The van der Waals surface area contributed by atoms with E-state index in [4.69, 9.17) is 24.9 Å². The number of benzene rings is 7. The molecule has 0 amide bonds. The lowest BCUT2D eigenvalue weighted by Gasteiger charge is -2.15. The Labute approximate surface area is 324 Å². The third-order valence-corrected chi connectivity index (χ3v) is 10.2. The first kappa shape index (κ1) is 33.0. The first-order chi connectivity index (χ1) is 27.8. The Kier molecular flexibility index (Phi) is 8.43. The first-order valence-electron chi connectivity index (χ1n) is 18.7. The minimum Gasteiger partial charge on any atom is -0.255 e. The normalized spacial score (nSPS) is 11.2. The predicted octanol–water partition coefficient (Wildman–Crippen LogP) is 12.6. The summed E-state index contributed by atoms with van der Waals surface area (Å²) < 4.78 is 0. The fraction of sp³-hybridized carbons (Fsp3) is 0. The van der Waals surface area contributed by atoms with Crippen LogP contribution in [-0.4, -0.2) is 24.9 Å². The Morgan fingerprint density at radius 2 is 0.768 bits per heavy atom. The van der Waals surface area contributed by atoms with Gasteiger partial charge in [-0.15, -0.1) is 0 Å². The highest BCUT2D eigenvalue weighted by Crippen LogP contribution is 2.38. The van der Waals surface area contributed by atoms with Crippen LogP contribution < -0.4 is 0 Å². The third-order valence-electron chi connectivity index (χ3n) is 10.2. The lowest BCUT2D eigenvalue weighted by molar-refractivity contribution is 1.06. The van der Waals surface area contributed by atoms with E-state index in [2.05, 4.69) is 152 Å². The topological polar surface area (TPSA) is 64.5 Å². The van der Waals surface area contributed by atoms with Crippen molar-refractivity contribution in [2.45, 2.75) is 0 Å². The molecule has 56 heavy (non-hydrogen) atoms. The van der Waals surface area contributed by atoms with Crippen molar-refractivity contribution in [3.05, 3.63) is 200 Å². The molecule has 0 radical (unpaired) electrons. The third kappa shape index (κ3) is 6.17. The number of nitrogens with zero attached hydrogens (tertiary/aromatic N) is 5. The van der Waals surface area contributed by atoms with Crippen molar-refractivity contribution < 1.29 is 0 Å². The molecule has 3 heterocycles. The molecule has 10 rings (SSSR count). The molecule has 7 aromatic carbocycles. The molecule has 0 fully saturated rings. The van der Waals surface area contributed by atoms with Crippen LogP contribution in [0.4, 0.5) is 0 Å². The first-order valence-corrected chi connectivity index (χ1v) is 18.7. The molecular weight excluding hydrogens is 683 g/mol. The van der Waals surface area contributed by atoms with E-state index in [0.717, 1.165) is 77.3 Å². The largest absolute Gasteiger partial charge is 0.255 e. The van der Waals surface area contributed by atoms with Gasteiger partial charge in [-0.3, -0.25) is 9.97 Å². The molecule has 0 spiro atoms. The molecule has 0 aliphatic carbocycles. The van der Waals surface area contributed by atoms with Crippen molar-refractivity contribution in [1.29, 1.82) is 0 Å². The monoisotopic (exact) mass is 715 g/mol. The molecule has 0 saturated carbocycles. The summed E-state index contributed by atoms with van der Waals surface area (Å²) in [6, 6.07) is 64.9. The Morgan fingerprint density at radius 1 is 0.286 bits per heavy atom. The molecule has 0 aliphatic rings. The van der Waals surface area contributed by atoms with E-state index in [0.29, 0.717) is 23.2 Å². The van der Waals surface area contributed by atoms with Crippen molar-refractivity contribution >= 4 is 21.7 Å². The molecule has 0 saturated heterocycles. The highest BCUT2D eigenvalue weighted by molar-refractivity contribution is 6.04. The molecule has 10 aromatic rings. The molecule has 5 heteroatoms. The maximum absolute atomic E-state index is 5.28. The molecule has 0 N–H and O–H groups in total. The molecule has 0 bridgehead atoms. The molecular formula is C51H33N5. The summed E-state index contributed by atoms with van der Waals surface area (Å²) in [5.74, 6) is 1.57.